The van der Waals surface area contributed by atoms with E-state index in [1.54, 1.807) is 24.5 Å². The molecular weight excluding hydrogens is 592 g/mol. The number of carbonyl (C=O) groups is 2. The van der Waals surface area contributed by atoms with Gasteiger partial charge in [0.05, 0.1) is 42.6 Å². The third kappa shape index (κ3) is 6.36. The lowest BCUT2D eigenvalue weighted by atomic mass is 9.89. The average molecular weight is 633 g/mol. The molecule has 10 nitrogen and oxygen atoms in total. The number of amides is 2. The number of aryl methyl sites for hydroxylation is 1. The molecule has 11 heteroatoms. The van der Waals surface area contributed by atoms with E-state index in [0.717, 1.165) is 33.7 Å². The normalized spacial score (nSPS) is 19.9. The van der Waals surface area contributed by atoms with Gasteiger partial charge in [0, 0.05) is 51.6 Å². The zero-order chi connectivity index (χ0) is 31.9. The Morgan fingerprint density at radius 1 is 1.16 bits per heavy atom. The van der Waals surface area contributed by atoms with Crippen LogP contribution in [-0.2, 0) is 21.3 Å². The van der Waals surface area contributed by atoms with Gasteiger partial charge in [-0.25, -0.2) is 9.78 Å². The van der Waals surface area contributed by atoms with Gasteiger partial charge in [0.2, 0.25) is 0 Å². The number of nitrogens with zero attached hydrogens (tertiary/aromatic N) is 5. The molecule has 45 heavy (non-hydrogen) atoms. The summed E-state index contributed by atoms with van der Waals surface area (Å²) in [6.45, 7) is 8.87. The molecule has 3 aromatic rings. The molecule has 1 saturated carbocycles. The highest BCUT2D eigenvalue weighted by Gasteiger charge is 2.51. The van der Waals surface area contributed by atoms with Gasteiger partial charge in [-0.3, -0.25) is 14.7 Å². The third-order valence-electron chi connectivity index (χ3n) is 8.87. The Morgan fingerprint density at radius 3 is 2.56 bits per heavy atom. The van der Waals surface area contributed by atoms with E-state index in [2.05, 4.69) is 33.4 Å². The molecule has 2 fully saturated rings. The molecule has 1 aliphatic heterocycles. The van der Waals surface area contributed by atoms with E-state index in [-0.39, 0.29) is 23.5 Å². The summed E-state index contributed by atoms with van der Waals surface area (Å²) >= 11 is 6.69. The van der Waals surface area contributed by atoms with Crippen molar-refractivity contribution in [2.24, 2.45) is 12.5 Å². The summed E-state index contributed by atoms with van der Waals surface area (Å²) in [5.41, 5.74) is 4.62. The number of ether oxygens (including phenoxy) is 2. The molecule has 0 bridgehead atoms. The van der Waals surface area contributed by atoms with Crippen molar-refractivity contribution in [1.29, 1.82) is 0 Å². The highest BCUT2D eigenvalue weighted by molar-refractivity contribution is 6.30. The molecule has 1 saturated heterocycles. The number of fused-ring (bicyclic) bond motifs is 2. The second kappa shape index (κ2) is 12.2. The average Bonchev–Trinajstić information content (AvgIpc) is 3.74. The maximum Gasteiger partial charge on any atom is 0.409 e. The van der Waals surface area contributed by atoms with Crippen LogP contribution in [0.1, 0.15) is 73.8 Å². The minimum atomic E-state index is -0.811. The summed E-state index contributed by atoms with van der Waals surface area (Å²) in [5.74, 6) is -0.151. The number of carbonyl (C=O) groups excluding carboxylic acids is 2. The summed E-state index contributed by atoms with van der Waals surface area (Å²) in [5, 5.41) is 3.90. The number of hydrogen-bond acceptors (Lipinski definition) is 7. The Bertz CT molecular complexity index is 1620. The van der Waals surface area contributed by atoms with Crippen molar-refractivity contribution in [1.82, 2.24) is 29.7 Å². The highest BCUT2D eigenvalue weighted by atomic mass is 35.5. The molecule has 0 radical (unpaired) electrons. The summed E-state index contributed by atoms with van der Waals surface area (Å²) in [6.07, 6.45) is 8.53. The lowest BCUT2D eigenvalue weighted by Crippen LogP contribution is -2.50. The number of rotatable bonds is 7. The van der Waals surface area contributed by atoms with Crippen molar-refractivity contribution in [2.45, 2.75) is 51.3 Å². The maximum atomic E-state index is 13.6. The Hall–Kier alpha value is -3.73. The molecule has 2 amide bonds. The molecule has 3 aliphatic rings. The van der Waals surface area contributed by atoms with Crippen LogP contribution in [0.2, 0.25) is 5.02 Å². The van der Waals surface area contributed by atoms with Crippen molar-refractivity contribution < 1.29 is 19.1 Å². The lowest BCUT2D eigenvalue weighted by molar-refractivity contribution is -0.134. The van der Waals surface area contributed by atoms with Crippen LogP contribution in [0.15, 0.2) is 49.1 Å². The van der Waals surface area contributed by atoms with Crippen LogP contribution >= 0.6 is 11.6 Å². The number of imidazole rings is 1. The van der Waals surface area contributed by atoms with Crippen LogP contribution < -0.4 is 5.32 Å². The monoisotopic (exact) mass is 632 g/mol. The van der Waals surface area contributed by atoms with Crippen molar-refractivity contribution in [2.75, 3.05) is 39.9 Å². The fourth-order valence-corrected chi connectivity index (χ4v) is 6.36. The number of piperazine rings is 1. The lowest BCUT2D eigenvalue weighted by Gasteiger charge is -2.39. The zero-order valence-electron chi connectivity index (χ0n) is 26.5. The topological polar surface area (TPSA) is 102 Å². The van der Waals surface area contributed by atoms with E-state index in [9.17, 15) is 9.59 Å². The first-order valence-corrected chi connectivity index (χ1v) is 15.8. The first-order chi connectivity index (χ1) is 21.5. The van der Waals surface area contributed by atoms with Gasteiger partial charge in [-0.1, -0.05) is 44.5 Å². The second-order valence-corrected chi connectivity index (χ2v) is 13.8. The smallest absolute Gasteiger partial charge is 0.409 e. The molecule has 6 rings (SSSR count). The summed E-state index contributed by atoms with van der Waals surface area (Å²) in [4.78, 5) is 40.0. The summed E-state index contributed by atoms with van der Waals surface area (Å²) in [7, 11) is 3.51. The van der Waals surface area contributed by atoms with Crippen LogP contribution in [-0.4, -0.2) is 81.8 Å². The van der Waals surface area contributed by atoms with Crippen LogP contribution in [0.3, 0.4) is 0 Å². The van der Waals surface area contributed by atoms with Gasteiger partial charge >= 0.3 is 6.09 Å². The van der Waals surface area contributed by atoms with Gasteiger partial charge in [-0.05, 0) is 64.8 Å². The van der Waals surface area contributed by atoms with Gasteiger partial charge in [0.15, 0.2) is 0 Å². The predicted octanol–water partition coefficient (Wildman–Crippen LogP) is 5.25. The summed E-state index contributed by atoms with van der Waals surface area (Å²) < 4.78 is 13.2. The fourth-order valence-electron chi connectivity index (χ4n) is 6.19. The van der Waals surface area contributed by atoms with E-state index < -0.39 is 11.6 Å². The second-order valence-electron chi connectivity index (χ2n) is 13.4. The van der Waals surface area contributed by atoms with E-state index in [1.807, 2.05) is 56.8 Å². The number of benzene rings is 1. The van der Waals surface area contributed by atoms with Crippen LogP contribution in [0.5, 0.6) is 0 Å². The molecule has 238 valence electrons. The number of methoxy groups -OCH3 is 1. The highest BCUT2D eigenvalue weighted by Crippen LogP contribution is 2.45. The van der Waals surface area contributed by atoms with Gasteiger partial charge in [0.25, 0.3) is 5.91 Å². The largest absolute Gasteiger partial charge is 0.449 e. The maximum absolute atomic E-state index is 13.6. The first kappa shape index (κ1) is 31.3. The fraction of sp³-hybridized carbons (Fsp3) is 0.471. The molecule has 0 spiro atoms. The van der Waals surface area contributed by atoms with E-state index in [4.69, 9.17) is 26.1 Å². The molecule has 2 aliphatic carbocycles. The minimum Gasteiger partial charge on any atom is -0.449 e. The minimum absolute atomic E-state index is 0.0987. The van der Waals surface area contributed by atoms with E-state index >= 15 is 0 Å². The van der Waals surface area contributed by atoms with Crippen LogP contribution in [0.4, 0.5) is 4.79 Å². The van der Waals surface area contributed by atoms with Gasteiger partial charge in [-0.2, -0.15) is 0 Å². The molecule has 1 aromatic carbocycles. The van der Waals surface area contributed by atoms with Crippen molar-refractivity contribution in [3.8, 4) is 0 Å². The summed E-state index contributed by atoms with van der Waals surface area (Å²) in [6, 6.07) is 9.19. The zero-order valence-corrected chi connectivity index (χ0v) is 27.3. The van der Waals surface area contributed by atoms with Crippen molar-refractivity contribution in [3.05, 3.63) is 82.2 Å². The SMILES string of the molecule is COC1(C(=O)NC(C2=Cc3cccnc3C(N3CCN(C(=O)OCC(C)(C)C)CC3)c3ccc(Cl)cc32)c2cncn2C)CC1. The Kier molecular flexibility index (Phi) is 8.49. The quantitative estimate of drug-likeness (QED) is 0.380. The standard InChI is InChI=1S/C34H41ClN6O4/c1-33(2,3)20-45-32(43)41-15-13-40(14-16-41)30-24-9-8-23(35)18-25(24)26(17-22-7-6-12-37-28(22)30)29(27-19-36-21-39(27)4)38-31(42)34(44-5)10-11-34/h6-9,12,17-19,21,29-30H,10-11,13-16,20H2,1-5H3,(H,38,42). The number of hydrogen-bond donors (Lipinski definition) is 1. The molecule has 2 aromatic heterocycles. The number of nitrogens with one attached hydrogen (secondary N) is 1. The van der Waals surface area contributed by atoms with Crippen molar-refractivity contribution in [3.63, 3.8) is 0 Å². The van der Waals surface area contributed by atoms with Gasteiger partial charge in [0.1, 0.15) is 5.60 Å². The van der Waals surface area contributed by atoms with Crippen LogP contribution in [0, 0.1) is 5.41 Å². The number of aromatic nitrogens is 3. The predicted molar refractivity (Wildman–Crippen MR) is 172 cm³/mol. The molecule has 3 heterocycles. The van der Waals surface area contributed by atoms with Gasteiger partial charge in [-0.15, -0.1) is 0 Å². The Morgan fingerprint density at radius 2 is 1.91 bits per heavy atom. The van der Waals surface area contributed by atoms with Crippen molar-refractivity contribution >= 4 is 35.3 Å². The van der Waals surface area contributed by atoms with Gasteiger partial charge < -0.3 is 24.3 Å². The molecular formula is C34H41ClN6O4. The van der Waals surface area contributed by atoms with E-state index in [1.165, 1.54) is 0 Å². The molecule has 1 N–H and O–H groups in total. The number of pyridine rings is 1. The Labute approximate surface area is 269 Å². The molecule has 2 unspecified atom stereocenters. The Balaban J connectivity index is 1.38. The van der Waals surface area contributed by atoms with Crippen LogP contribution in [0.25, 0.3) is 11.6 Å². The number of halogens is 1. The third-order valence-corrected chi connectivity index (χ3v) is 9.11. The first-order valence-electron chi connectivity index (χ1n) is 15.4. The molecule has 2 atom stereocenters. The van der Waals surface area contributed by atoms with E-state index in [0.29, 0.717) is 50.7 Å².